The number of hydrogen-bond acceptors (Lipinski definition) is 4. The maximum Gasteiger partial charge on any atom is 0.332 e. The Morgan fingerprint density at radius 3 is 2.52 bits per heavy atom. The fourth-order valence-corrected chi connectivity index (χ4v) is 4.43. The molecular weight excluding hydrogens is 437 g/mol. The van der Waals surface area contributed by atoms with Crippen molar-refractivity contribution in [3.05, 3.63) is 85.0 Å². The van der Waals surface area contributed by atoms with Crippen molar-refractivity contribution in [3.8, 4) is 0 Å². The van der Waals surface area contributed by atoms with Crippen LogP contribution < -0.4 is 16.1 Å². The maximum absolute atomic E-state index is 13.4. The highest BCUT2D eigenvalue weighted by Crippen LogP contribution is 2.31. The molecule has 2 aromatic carbocycles. The van der Waals surface area contributed by atoms with Crippen LogP contribution in [0.25, 0.3) is 11.2 Å². The van der Waals surface area contributed by atoms with Crippen LogP contribution in [0, 0.1) is 0 Å². The third-order valence-corrected chi connectivity index (χ3v) is 6.07. The van der Waals surface area contributed by atoms with E-state index in [1.54, 1.807) is 25.2 Å². The van der Waals surface area contributed by atoms with Gasteiger partial charge in [-0.05, 0) is 48.4 Å². The molecule has 0 saturated heterocycles. The Bertz CT molecular complexity index is 1420. The number of fused-ring (bicyclic) bond motifs is 3. The van der Waals surface area contributed by atoms with Gasteiger partial charge in [-0.25, -0.2) is 4.79 Å². The van der Waals surface area contributed by atoms with Crippen molar-refractivity contribution in [2.24, 2.45) is 7.05 Å². The number of nitrogens with zero attached hydrogens (tertiary/aromatic N) is 5. The zero-order chi connectivity index (χ0) is 21.7. The van der Waals surface area contributed by atoms with Gasteiger partial charge in [-0.1, -0.05) is 35.3 Å². The molecule has 9 heteroatoms. The lowest BCUT2D eigenvalue weighted by molar-refractivity contribution is 0.597. The smallest absolute Gasteiger partial charge is 0.312 e. The van der Waals surface area contributed by atoms with Crippen LogP contribution in [-0.2, 0) is 20.1 Å². The molecule has 0 atom stereocenters. The van der Waals surface area contributed by atoms with Crippen molar-refractivity contribution in [1.82, 2.24) is 18.7 Å². The number of imidazole rings is 1. The first-order chi connectivity index (χ1) is 14.9. The highest BCUT2D eigenvalue weighted by Gasteiger charge is 2.27. The first-order valence-corrected chi connectivity index (χ1v) is 10.7. The van der Waals surface area contributed by atoms with Crippen molar-refractivity contribution in [2.75, 3.05) is 11.4 Å². The Hall–Kier alpha value is -3.03. The maximum atomic E-state index is 13.4. The van der Waals surface area contributed by atoms with Gasteiger partial charge in [0.25, 0.3) is 5.56 Å². The summed E-state index contributed by atoms with van der Waals surface area (Å²) in [5.41, 5.74) is 1.77. The summed E-state index contributed by atoms with van der Waals surface area (Å²) < 4.78 is 4.58. The lowest BCUT2D eigenvalue weighted by atomic mass is 10.2. The van der Waals surface area contributed by atoms with Gasteiger partial charge >= 0.3 is 5.69 Å². The van der Waals surface area contributed by atoms with Crippen molar-refractivity contribution < 1.29 is 0 Å². The summed E-state index contributed by atoms with van der Waals surface area (Å²) in [5, 5.41) is 1.21. The Balaban J connectivity index is 1.69. The molecule has 7 nitrogen and oxygen atoms in total. The monoisotopic (exact) mass is 455 g/mol. The van der Waals surface area contributed by atoms with E-state index in [2.05, 4.69) is 0 Å². The van der Waals surface area contributed by atoms with Gasteiger partial charge in [-0.15, -0.1) is 0 Å². The molecule has 31 heavy (non-hydrogen) atoms. The zero-order valence-corrected chi connectivity index (χ0v) is 18.3. The number of benzene rings is 2. The second kappa shape index (κ2) is 7.59. The largest absolute Gasteiger partial charge is 0.332 e. The van der Waals surface area contributed by atoms with Crippen LogP contribution in [0.5, 0.6) is 0 Å². The second-order valence-corrected chi connectivity index (χ2v) is 8.45. The third-order valence-electron chi connectivity index (χ3n) is 5.59. The number of halogens is 2. The van der Waals surface area contributed by atoms with E-state index in [0.29, 0.717) is 33.7 Å². The minimum atomic E-state index is -0.411. The highest BCUT2D eigenvalue weighted by atomic mass is 35.5. The van der Waals surface area contributed by atoms with E-state index < -0.39 is 5.69 Å². The molecule has 2 aromatic heterocycles. The molecule has 158 valence electrons. The van der Waals surface area contributed by atoms with E-state index >= 15 is 0 Å². The summed E-state index contributed by atoms with van der Waals surface area (Å²) in [6, 6.07) is 14.7. The number of rotatable bonds is 3. The zero-order valence-electron chi connectivity index (χ0n) is 16.8. The average molecular weight is 456 g/mol. The van der Waals surface area contributed by atoms with Crippen LogP contribution in [-0.4, -0.2) is 25.2 Å². The summed E-state index contributed by atoms with van der Waals surface area (Å²) in [6.45, 7) is 1.56. The van der Waals surface area contributed by atoms with Crippen LogP contribution in [0.4, 0.5) is 11.6 Å². The van der Waals surface area contributed by atoms with Gasteiger partial charge in [-0.3, -0.25) is 13.9 Å². The van der Waals surface area contributed by atoms with Crippen LogP contribution in [0.3, 0.4) is 0 Å². The molecule has 0 saturated carbocycles. The van der Waals surface area contributed by atoms with Gasteiger partial charge in [0.05, 0.1) is 6.54 Å². The Labute approximate surface area is 187 Å². The predicted octanol–water partition coefficient (Wildman–Crippen LogP) is 3.79. The number of aromatic nitrogens is 4. The molecule has 0 bridgehead atoms. The normalized spacial score (nSPS) is 13.6. The quantitative estimate of drug-likeness (QED) is 0.471. The van der Waals surface area contributed by atoms with E-state index in [1.165, 1.54) is 9.13 Å². The molecule has 4 aromatic rings. The summed E-state index contributed by atoms with van der Waals surface area (Å²) in [4.78, 5) is 33.2. The van der Waals surface area contributed by atoms with E-state index in [0.717, 1.165) is 24.2 Å². The molecule has 0 radical (unpaired) electrons. The van der Waals surface area contributed by atoms with Gasteiger partial charge < -0.3 is 9.47 Å². The third kappa shape index (κ3) is 3.34. The highest BCUT2D eigenvalue weighted by molar-refractivity contribution is 6.30. The topological polar surface area (TPSA) is 65.1 Å². The Morgan fingerprint density at radius 2 is 1.77 bits per heavy atom. The summed E-state index contributed by atoms with van der Waals surface area (Å²) >= 11 is 12.1. The van der Waals surface area contributed by atoms with E-state index in [9.17, 15) is 9.59 Å². The van der Waals surface area contributed by atoms with Crippen molar-refractivity contribution in [3.63, 3.8) is 0 Å². The van der Waals surface area contributed by atoms with E-state index in [-0.39, 0.29) is 12.1 Å². The van der Waals surface area contributed by atoms with Crippen LogP contribution in [0.2, 0.25) is 10.0 Å². The lowest BCUT2D eigenvalue weighted by Gasteiger charge is -2.29. The molecule has 0 fully saturated rings. The minimum Gasteiger partial charge on any atom is -0.312 e. The van der Waals surface area contributed by atoms with Crippen molar-refractivity contribution >= 4 is 46.0 Å². The van der Waals surface area contributed by atoms with Gasteiger partial charge in [-0.2, -0.15) is 4.98 Å². The van der Waals surface area contributed by atoms with Crippen molar-refractivity contribution in [2.45, 2.75) is 19.5 Å². The summed E-state index contributed by atoms with van der Waals surface area (Å²) in [5.74, 6) is 0.649. The molecule has 1 aliphatic rings. The van der Waals surface area contributed by atoms with Crippen LogP contribution >= 0.6 is 23.2 Å². The van der Waals surface area contributed by atoms with Gasteiger partial charge in [0.2, 0.25) is 5.95 Å². The molecule has 5 rings (SSSR count). The molecule has 1 aliphatic heterocycles. The predicted molar refractivity (Wildman–Crippen MR) is 123 cm³/mol. The van der Waals surface area contributed by atoms with E-state index in [1.807, 2.05) is 39.8 Å². The number of anilines is 2. The standard InChI is InChI=1S/C22H19Cl2N5O2/c1-26-19-18(20(30)29(22(26)31)13-14-4-2-5-16(24)12-14)28-11-3-10-27(21(28)25-19)17-8-6-15(23)7-9-17/h2,4-9,12H,3,10-11,13H2,1H3. The number of aryl methyl sites for hydroxylation is 2. The van der Waals surface area contributed by atoms with Crippen molar-refractivity contribution in [1.29, 1.82) is 0 Å². The average Bonchev–Trinajstić information content (AvgIpc) is 3.16. The fraction of sp³-hybridized carbons (Fsp3) is 0.227. The van der Waals surface area contributed by atoms with Gasteiger partial charge in [0.15, 0.2) is 11.2 Å². The fourth-order valence-electron chi connectivity index (χ4n) is 4.09. The molecular formula is C22H19Cl2N5O2. The summed E-state index contributed by atoms with van der Waals surface area (Å²) in [6.07, 6.45) is 0.845. The number of hydrogen-bond donors (Lipinski definition) is 0. The molecule has 3 heterocycles. The molecule has 0 N–H and O–H groups in total. The van der Waals surface area contributed by atoms with Gasteiger partial charge in [0.1, 0.15) is 0 Å². The first-order valence-electron chi connectivity index (χ1n) is 9.91. The van der Waals surface area contributed by atoms with Crippen LogP contribution in [0.1, 0.15) is 12.0 Å². The molecule has 0 aliphatic carbocycles. The first kappa shape index (κ1) is 19.9. The van der Waals surface area contributed by atoms with Crippen LogP contribution in [0.15, 0.2) is 58.1 Å². The van der Waals surface area contributed by atoms with Gasteiger partial charge in [0, 0.05) is 35.9 Å². The Morgan fingerprint density at radius 1 is 1.00 bits per heavy atom. The molecule has 0 unspecified atom stereocenters. The Kier molecular flexibility index (Phi) is 4.87. The van der Waals surface area contributed by atoms with E-state index in [4.69, 9.17) is 28.2 Å². The minimum absolute atomic E-state index is 0.142. The lowest BCUT2D eigenvalue weighted by Crippen LogP contribution is -2.40. The summed E-state index contributed by atoms with van der Waals surface area (Å²) in [7, 11) is 1.64. The molecule has 0 spiro atoms. The second-order valence-electron chi connectivity index (χ2n) is 7.58. The SMILES string of the molecule is Cn1c(=O)n(Cc2cccc(Cl)c2)c(=O)c2c1nc1n2CCCN1c1ccc(Cl)cc1. The molecule has 0 amide bonds.